The van der Waals surface area contributed by atoms with Crippen molar-refractivity contribution >= 4 is 11.6 Å². The minimum absolute atomic E-state index is 0.237. The van der Waals surface area contributed by atoms with Gasteiger partial charge in [0.25, 0.3) is 0 Å². The van der Waals surface area contributed by atoms with Gasteiger partial charge in [-0.05, 0) is 32.6 Å². The van der Waals surface area contributed by atoms with Gasteiger partial charge in [-0.2, -0.15) is 0 Å². The number of nitrogens with zero attached hydrogens (tertiary/aromatic N) is 2. The van der Waals surface area contributed by atoms with Crippen LogP contribution in [0.3, 0.4) is 0 Å². The second-order valence-corrected chi connectivity index (χ2v) is 4.45. The first-order valence-electron chi connectivity index (χ1n) is 5.82. The van der Waals surface area contributed by atoms with Crippen LogP contribution in [-0.2, 0) is 16.2 Å². The highest BCUT2D eigenvalue weighted by atomic mass is 35.5. The summed E-state index contributed by atoms with van der Waals surface area (Å²) in [5.74, 6) is 1.28. The molecule has 4 heteroatoms. The van der Waals surface area contributed by atoms with Crippen molar-refractivity contribution in [2.45, 2.75) is 44.1 Å². The fourth-order valence-corrected chi connectivity index (χ4v) is 2.45. The molecule has 1 aliphatic carbocycles. The van der Waals surface area contributed by atoms with Crippen molar-refractivity contribution in [1.82, 2.24) is 9.97 Å². The highest BCUT2D eigenvalue weighted by Gasteiger charge is 2.38. The van der Waals surface area contributed by atoms with Crippen molar-refractivity contribution in [1.29, 1.82) is 0 Å². The number of halogens is 1. The number of rotatable bonds is 4. The van der Waals surface area contributed by atoms with E-state index in [0.717, 1.165) is 24.2 Å². The molecule has 16 heavy (non-hydrogen) atoms. The molecule has 0 N–H and O–H groups in total. The van der Waals surface area contributed by atoms with Crippen LogP contribution in [-0.4, -0.2) is 16.6 Å². The van der Waals surface area contributed by atoms with Crippen molar-refractivity contribution in [3.05, 3.63) is 23.8 Å². The average molecular weight is 241 g/mol. The average Bonchev–Trinajstić information content (AvgIpc) is 2.80. The summed E-state index contributed by atoms with van der Waals surface area (Å²) in [5, 5.41) is 0. The third kappa shape index (κ3) is 2.20. The van der Waals surface area contributed by atoms with Gasteiger partial charge in [0, 0.05) is 24.6 Å². The summed E-state index contributed by atoms with van der Waals surface area (Å²) in [7, 11) is 0. The van der Waals surface area contributed by atoms with Crippen LogP contribution in [0.25, 0.3) is 0 Å². The number of hydrogen-bond acceptors (Lipinski definition) is 3. The highest BCUT2D eigenvalue weighted by molar-refractivity contribution is 6.17. The van der Waals surface area contributed by atoms with E-state index in [0.29, 0.717) is 12.5 Å². The van der Waals surface area contributed by atoms with E-state index in [1.165, 1.54) is 12.8 Å². The van der Waals surface area contributed by atoms with Crippen molar-refractivity contribution < 1.29 is 4.74 Å². The standard InChI is InChI=1S/C12H17ClN2O/c1-2-16-12(5-3-4-6-12)11-14-8-10(7-13)9-15-11/h8-9H,2-7H2,1H3. The zero-order valence-electron chi connectivity index (χ0n) is 9.58. The van der Waals surface area contributed by atoms with Gasteiger partial charge >= 0.3 is 0 Å². The fourth-order valence-electron chi connectivity index (χ4n) is 2.31. The van der Waals surface area contributed by atoms with E-state index in [1.807, 2.05) is 6.92 Å². The van der Waals surface area contributed by atoms with Gasteiger partial charge in [0.15, 0.2) is 5.82 Å². The van der Waals surface area contributed by atoms with E-state index in [-0.39, 0.29) is 5.60 Å². The summed E-state index contributed by atoms with van der Waals surface area (Å²) in [6.45, 7) is 2.73. The second-order valence-electron chi connectivity index (χ2n) is 4.18. The van der Waals surface area contributed by atoms with Crippen molar-refractivity contribution in [2.24, 2.45) is 0 Å². The van der Waals surface area contributed by atoms with E-state index in [2.05, 4.69) is 9.97 Å². The van der Waals surface area contributed by atoms with Crippen LogP contribution in [0, 0.1) is 0 Å². The summed E-state index contributed by atoms with van der Waals surface area (Å²) in [4.78, 5) is 8.80. The van der Waals surface area contributed by atoms with Gasteiger partial charge in [-0.3, -0.25) is 0 Å². The maximum Gasteiger partial charge on any atom is 0.160 e. The highest BCUT2D eigenvalue weighted by Crippen LogP contribution is 2.40. The molecule has 0 radical (unpaired) electrons. The van der Waals surface area contributed by atoms with Gasteiger partial charge in [0.2, 0.25) is 0 Å². The predicted octanol–water partition coefficient (Wildman–Crippen LogP) is 3.02. The van der Waals surface area contributed by atoms with E-state index >= 15 is 0 Å². The minimum Gasteiger partial charge on any atom is -0.367 e. The van der Waals surface area contributed by atoms with Crippen molar-refractivity contribution in [3.8, 4) is 0 Å². The molecule has 1 aromatic rings. The lowest BCUT2D eigenvalue weighted by Crippen LogP contribution is -2.28. The molecule has 1 saturated carbocycles. The number of ether oxygens (including phenoxy) is 1. The van der Waals surface area contributed by atoms with Crippen LogP contribution < -0.4 is 0 Å². The lowest BCUT2D eigenvalue weighted by atomic mass is 10.0. The lowest BCUT2D eigenvalue weighted by Gasteiger charge is -2.27. The Morgan fingerprint density at radius 1 is 1.31 bits per heavy atom. The predicted molar refractivity (Wildman–Crippen MR) is 63.4 cm³/mol. The van der Waals surface area contributed by atoms with Gasteiger partial charge < -0.3 is 4.74 Å². The van der Waals surface area contributed by atoms with Crippen molar-refractivity contribution in [3.63, 3.8) is 0 Å². The molecule has 0 amide bonds. The lowest BCUT2D eigenvalue weighted by molar-refractivity contribution is -0.0457. The maximum absolute atomic E-state index is 5.89. The Morgan fingerprint density at radius 3 is 2.44 bits per heavy atom. The van der Waals surface area contributed by atoms with Gasteiger partial charge in [-0.25, -0.2) is 9.97 Å². The number of hydrogen-bond donors (Lipinski definition) is 0. The minimum atomic E-state index is -0.237. The van der Waals surface area contributed by atoms with Gasteiger partial charge in [0.1, 0.15) is 5.60 Å². The monoisotopic (exact) mass is 240 g/mol. The third-order valence-electron chi connectivity index (χ3n) is 3.10. The van der Waals surface area contributed by atoms with Gasteiger partial charge in [-0.1, -0.05) is 0 Å². The molecule has 0 unspecified atom stereocenters. The zero-order chi connectivity index (χ0) is 11.4. The molecule has 1 aromatic heterocycles. The quantitative estimate of drug-likeness (QED) is 0.759. The Labute approximate surface area is 101 Å². The first kappa shape index (κ1) is 11.8. The normalized spacial score (nSPS) is 18.9. The Bertz CT molecular complexity index is 333. The molecule has 1 heterocycles. The smallest absolute Gasteiger partial charge is 0.160 e. The molecular formula is C12H17ClN2O. The molecule has 1 fully saturated rings. The van der Waals surface area contributed by atoms with Gasteiger partial charge in [-0.15, -0.1) is 11.6 Å². The Kier molecular flexibility index (Phi) is 3.77. The van der Waals surface area contributed by atoms with Crippen LogP contribution in [0.2, 0.25) is 0 Å². The number of alkyl halides is 1. The molecule has 2 rings (SSSR count). The zero-order valence-corrected chi connectivity index (χ0v) is 10.3. The van der Waals surface area contributed by atoms with E-state index in [4.69, 9.17) is 16.3 Å². The molecule has 3 nitrogen and oxygen atoms in total. The molecule has 1 aliphatic rings. The Balaban J connectivity index is 2.24. The summed E-state index contributed by atoms with van der Waals surface area (Å²) in [5.41, 5.74) is 0.717. The Morgan fingerprint density at radius 2 is 1.94 bits per heavy atom. The molecule has 0 aromatic carbocycles. The van der Waals surface area contributed by atoms with Crippen LogP contribution in [0.1, 0.15) is 44.0 Å². The third-order valence-corrected chi connectivity index (χ3v) is 3.41. The molecule has 0 atom stereocenters. The van der Waals surface area contributed by atoms with Gasteiger partial charge in [0.05, 0.1) is 5.88 Å². The van der Waals surface area contributed by atoms with E-state index in [9.17, 15) is 0 Å². The fraction of sp³-hybridized carbons (Fsp3) is 0.667. The van der Waals surface area contributed by atoms with Crippen LogP contribution in [0.4, 0.5) is 0 Å². The molecule has 0 saturated heterocycles. The van der Waals surface area contributed by atoms with E-state index in [1.54, 1.807) is 12.4 Å². The number of aromatic nitrogens is 2. The summed E-state index contributed by atoms with van der Waals surface area (Å²) >= 11 is 5.72. The molecule has 0 aliphatic heterocycles. The summed E-state index contributed by atoms with van der Waals surface area (Å²) in [6.07, 6.45) is 8.05. The first-order valence-corrected chi connectivity index (χ1v) is 6.35. The molecule has 0 spiro atoms. The second kappa shape index (κ2) is 5.11. The van der Waals surface area contributed by atoms with Crippen LogP contribution in [0.15, 0.2) is 12.4 Å². The summed E-state index contributed by atoms with van der Waals surface area (Å²) < 4.78 is 5.89. The van der Waals surface area contributed by atoms with E-state index < -0.39 is 0 Å². The SMILES string of the molecule is CCOC1(c2ncc(CCl)cn2)CCCC1. The first-order chi connectivity index (χ1) is 7.80. The molecular weight excluding hydrogens is 224 g/mol. The molecule has 0 bridgehead atoms. The summed E-state index contributed by atoms with van der Waals surface area (Å²) in [6, 6.07) is 0. The molecule has 88 valence electrons. The van der Waals surface area contributed by atoms with Crippen LogP contribution >= 0.6 is 11.6 Å². The largest absolute Gasteiger partial charge is 0.367 e. The Hall–Kier alpha value is -0.670. The van der Waals surface area contributed by atoms with Crippen LogP contribution in [0.5, 0.6) is 0 Å². The van der Waals surface area contributed by atoms with Crippen molar-refractivity contribution in [2.75, 3.05) is 6.61 Å². The maximum atomic E-state index is 5.89. The topological polar surface area (TPSA) is 35.0 Å².